The molecule has 3 atom stereocenters. The maximum atomic E-state index is 12.6. The van der Waals surface area contributed by atoms with E-state index in [2.05, 4.69) is 35.2 Å². The van der Waals surface area contributed by atoms with Crippen molar-refractivity contribution >= 4 is 5.91 Å². The summed E-state index contributed by atoms with van der Waals surface area (Å²) >= 11 is 0. The minimum Gasteiger partial charge on any atom is -0.393 e. The smallest absolute Gasteiger partial charge is 0.238 e. The van der Waals surface area contributed by atoms with Gasteiger partial charge in [0.05, 0.1) is 6.10 Å². The van der Waals surface area contributed by atoms with Crippen LogP contribution in [0.15, 0.2) is 30.3 Å². The molecule has 5 nitrogen and oxygen atoms in total. The first-order valence-corrected chi connectivity index (χ1v) is 9.19. The van der Waals surface area contributed by atoms with Crippen LogP contribution in [0.3, 0.4) is 0 Å². The predicted octanol–water partition coefficient (Wildman–Crippen LogP) is 1.52. The predicted molar refractivity (Wildman–Crippen MR) is 94.2 cm³/mol. The molecule has 5 heteroatoms. The Morgan fingerprint density at radius 3 is 2.67 bits per heavy atom. The molecule has 0 spiro atoms. The van der Waals surface area contributed by atoms with Gasteiger partial charge in [-0.1, -0.05) is 43.7 Å². The molecule has 4 N–H and O–H groups in total. The number of carbonyl (C=O) groups excluding carboxylic acids is 1. The first kappa shape index (κ1) is 17.4. The van der Waals surface area contributed by atoms with E-state index in [1.54, 1.807) is 0 Å². The Labute approximate surface area is 144 Å². The minimum atomic E-state index is -0.203. The Hall–Kier alpha value is -1.43. The number of nitrogens with one attached hydrogen (secondary N) is 3. The van der Waals surface area contributed by atoms with Crippen molar-refractivity contribution in [2.75, 3.05) is 0 Å². The molecule has 132 valence electrons. The van der Waals surface area contributed by atoms with Gasteiger partial charge in [-0.15, -0.1) is 0 Å². The van der Waals surface area contributed by atoms with Crippen LogP contribution in [0, 0.1) is 5.92 Å². The first-order valence-electron chi connectivity index (χ1n) is 9.19. The number of rotatable bonds is 7. The number of aliphatic hydroxyl groups excluding tert-OH is 1. The highest BCUT2D eigenvalue weighted by molar-refractivity contribution is 5.82. The standard InChI is InChI=1S/C19H29N3O2/c1-2-6-15-12-18(22-21-15)19(24)20-17(14-10-16(23)11-14)9-13-7-4-3-5-8-13/h3-5,7-8,14-18,21-23H,2,6,9-12H2,1H3,(H,20,24). The lowest BCUT2D eigenvalue weighted by atomic mass is 9.75. The molecule has 1 aromatic rings. The summed E-state index contributed by atoms with van der Waals surface area (Å²) < 4.78 is 0. The molecule has 3 rings (SSSR count). The van der Waals surface area contributed by atoms with Crippen molar-refractivity contribution in [1.82, 2.24) is 16.2 Å². The molecule has 2 fully saturated rings. The van der Waals surface area contributed by atoms with Crippen molar-refractivity contribution < 1.29 is 9.90 Å². The Bertz CT molecular complexity index is 531. The van der Waals surface area contributed by atoms with E-state index in [1.165, 1.54) is 5.56 Å². The quantitative estimate of drug-likeness (QED) is 0.611. The number of amides is 1. The largest absolute Gasteiger partial charge is 0.393 e. The molecule has 0 aromatic heterocycles. The third-order valence-corrected chi connectivity index (χ3v) is 5.28. The van der Waals surface area contributed by atoms with Crippen LogP contribution in [0.5, 0.6) is 0 Å². The van der Waals surface area contributed by atoms with Crippen LogP contribution in [-0.4, -0.2) is 35.2 Å². The molecule has 3 unspecified atom stereocenters. The highest BCUT2D eigenvalue weighted by atomic mass is 16.3. The summed E-state index contributed by atoms with van der Waals surface area (Å²) in [7, 11) is 0. The molecule has 1 saturated carbocycles. The zero-order chi connectivity index (χ0) is 16.9. The van der Waals surface area contributed by atoms with E-state index in [-0.39, 0.29) is 24.1 Å². The maximum absolute atomic E-state index is 12.6. The van der Waals surface area contributed by atoms with Crippen LogP contribution in [0.2, 0.25) is 0 Å². The molecule has 1 aromatic carbocycles. The summed E-state index contributed by atoms with van der Waals surface area (Å²) in [4.78, 5) is 12.6. The van der Waals surface area contributed by atoms with Crippen molar-refractivity contribution in [3.05, 3.63) is 35.9 Å². The number of benzene rings is 1. The highest BCUT2D eigenvalue weighted by Gasteiger charge is 2.37. The molecule has 1 aliphatic carbocycles. The number of hydrogen-bond donors (Lipinski definition) is 4. The average Bonchev–Trinajstić information content (AvgIpc) is 3.01. The fraction of sp³-hybridized carbons (Fsp3) is 0.632. The monoisotopic (exact) mass is 331 g/mol. The second kappa shape index (κ2) is 8.10. The Morgan fingerprint density at radius 1 is 1.25 bits per heavy atom. The lowest BCUT2D eigenvalue weighted by molar-refractivity contribution is -0.124. The van der Waals surface area contributed by atoms with Crippen molar-refractivity contribution in [3.63, 3.8) is 0 Å². The Morgan fingerprint density at radius 2 is 2.00 bits per heavy atom. The Balaban J connectivity index is 1.58. The Kier molecular flexibility index (Phi) is 5.87. The number of aliphatic hydroxyl groups is 1. The van der Waals surface area contributed by atoms with Gasteiger partial charge < -0.3 is 10.4 Å². The molecular weight excluding hydrogens is 302 g/mol. The molecule has 24 heavy (non-hydrogen) atoms. The van der Waals surface area contributed by atoms with E-state index in [4.69, 9.17) is 0 Å². The third-order valence-electron chi connectivity index (χ3n) is 5.28. The van der Waals surface area contributed by atoms with Crippen molar-refractivity contribution in [2.45, 2.75) is 69.7 Å². The topological polar surface area (TPSA) is 73.4 Å². The fourth-order valence-electron chi connectivity index (χ4n) is 3.78. The lowest BCUT2D eigenvalue weighted by Crippen LogP contribution is -2.53. The summed E-state index contributed by atoms with van der Waals surface area (Å²) in [6.07, 6.45) is 5.22. The third kappa shape index (κ3) is 4.35. The summed E-state index contributed by atoms with van der Waals surface area (Å²) in [5.41, 5.74) is 7.59. The van der Waals surface area contributed by atoms with E-state index in [0.29, 0.717) is 12.0 Å². The van der Waals surface area contributed by atoms with Crippen LogP contribution in [0.1, 0.15) is 44.6 Å². The van der Waals surface area contributed by atoms with E-state index in [1.807, 2.05) is 18.2 Å². The van der Waals surface area contributed by atoms with Gasteiger partial charge >= 0.3 is 0 Å². The molecule has 1 saturated heterocycles. The van der Waals surface area contributed by atoms with E-state index in [9.17, 15) is 9.90 Å². The van der Waals surface area contributed by atoms with Gasteiger partial charge in [0.15, 0.2) is 0 Å². The van der Waals surface area contributed by atoms with Crippen molar-refractivity contribution in [3.8, 4) is 0 Å². The first-order chi connectivity index (χ1) is 11.7. The van der Waals surface area contributed by atoms with Crippen LogP contribution >= 0.6 is 0 Å². The van der Waals surface area contributed by atoms with Gasteiger partial charge in [-0.3, -0.25) is 10.2 Å². The lowest BCUT2D eigenvalue weighted by Gasteiger charge is -2.38. The normalized spacial score (nSPS) is 30.6. The van der Waals surface area contributed by atoms with Gasteiger partial charge in [0.25, 0.3) is 0 Å². The fourth-order valence-corrected chi connectivity index (χ4v) is 3.78. The van der Waals surface area contributed by atoms with E-state index in [0.717, 1.165) is 38.5 Å². The second-order valence-corrected chi connectivity index (χ2v) is 7.25. The summed E-state index contributed by atoms with van der Waals surface area (Å²) in [5, 5.41) is 12.9. The van der Waals surface area contributed by atoms with E-state index >= 15 is 0 Å². The zero-order valence-electron chi connectivity index (χ0n) is 14.4. The average molecular weight is 331 g/mol. The SMILES string of the molecule is CCCC1CC(C(=O)NC(Cc2ccccc2)C2CC(O)C2)NN1. The van der Waals surface area contributed by atoms with E-state index < -0.39 is 0 Å². The van der Waals surface area contributed by atoms with Crippen LogP contribution < -0.4 is 16.2 Å². The molecule has 0 radical (unpaired) electrons. The van der Waals surface area contributed by atoms with Gasteiger partial charge in [-0.2, -0.15) is 0 Å². The van der Waals surface area contributed by atoms with Crippen LogP contribution in [0.4, 0.5) is 0 Å². The number of hydrogen-bond acceptors (Lipinski definition) is 4. The number of carbonyl (C=O) groups is 1. The summed E-state index contributed by atoms with van der Waals surface area (Å²) in [5.74, 6) is 0.438. The summed E-state index contributed by atoms with van der Waals surface area (Å²) in [6.45, 7) is 2.16. The molecule has 1 aliphatic heterocycles. The molecule has 2 aliphatic rings. The van der Waals surface area contributed by atoms with Crippen LogP contribution in [0.25, 0.3) is 0 Å². The van der Waals surface area contributed by atoms with Crippen molar-refractivity contribution in [1.29, 1.82) is 0 Å². The summed E-state index contributed by atoms with van der Waals surface area (Å²) in [6, 6.07) is 10.6. The second-order valence-electron chi connectivity index (χ2n) is 7.25. The minimum absolute atomic E-state index is 0.0726. The zero-order valence-corrected chi connectivity index (χ0v) is 14.4. The van der Waals surface area contributed by atoms with Gasteiger partial charge in [0.1, 0.15) is 6.04 Å². The van der Waals surface area contributed by atoms with Crippen molar-refractivity contribution in [2.24, 2.45) is 5.92 Å². The van der Waals surface area contributed by atoms with Gasteiger partial charge in [-0.25, -0.2) is 5.43 Å². The molecular formula is C19H29N3O2. The maximum Gasteiger partial charge on any atom is 0.238 e. The number of hydrazine groups is 1. The molecule has 1 heterocycles. The highest BCUT2D eigenvalue weighted by Crippen LogP contribution is 2.32. The molecule has 1 amide bonds. The van der Waals surface area contributed by atoms with Crippen LogP contribution in [-0.2, 0) is 11.2 Å². The van der Waals surface area contributed by atoms with Gasteiger partial charge in [-0.05, 0) is 43.6 Å². The van der Waals surface area contributed by atoms with Gasteiger partial charge in [0, 0.05) is 12.1 Å². The molecule has 0 bridgehead atoms. The van der Waals surface area contributed by atoms with Gasteiger partial charge in [0.2, 0.25) is 5.91 Å².